The molecule has 1 saturated heterocycles. The standard InChI is InChI=1S/C17H22N4O2/c1-12-5-6-16(23-2)15(10-12)21-9-7-14(19-21)17(22)20-8-3-4-13(18)11-20/h5-7,9-10,13H,3-4,8,11,18H2,1-2H3/t13-/m1/s1. The van der Waals surface area contributed by atoms with E-state index in [1.165, 1.54) is 0 Å². The van der Waals surface area contributed by atoms with Crippen molar-refractivity contribution in [2.45, 2.75) is 25.8 Å². The minimum atomic E-state index is -0.0643. The fourth-order valence-corrected chi connectivity index (χ4v) is 2.91. The van der Waals surface area contributed by atoms with Gasteiger partial charge in [-0.25, -0.2) is 4.68 Å². The predicted octanol–water partition coefficient (Wildman–Crippen LogP) is 1.75. The van der Waals surface area contributed by atoms with Crippen LogP contribution in [0.5, 0.6) is 5.75 Å². The number of nitrogens with zero attached hydrogens (tertiary/aromatic N) is 3. The lowest BCUT2D eigenvalue weighted by Crippen LogP contribution is -2.45. The van der Waals surface area contributed by atoms with Gasteiger partial charge in [-0.3, -0.25) is 4.79 Å². The molecule has 6 nitrogen and oxygen atoms in total. The fraction of sp³-hybridized carbons (Fsp3) is 0.412. The Morgan fingerprint density at radius 1 is 1.39 bits per heavy atom. The molecule has 0 unspecified atom stereocenters. The van der Waals surface area contributed by atoms with E-state index in [1.54, 1.807) is 29.0 Å². The second-order valence-corrected chi connectivity index (χ2v) is 5.97. The number of methoxy groups -OCH3 is 1. The van der Waals surface area contributed by atoms with Crippen LogP contribution >= 0.6 is 0 Å². The van der Waals surface area contributed by atoms with Crippen molar-refractivity contribution in [1.29, 1.82) is 0 Å². The van der Waals surface area contributed by atoms with E-state index in [2.05, 4.69) is 5.10 Å². The topological polar surface area (TPSA) is 73.4 Å². The third-order valence-electron chi connectivity index (χ3n) is 4.13. The summed E-state index contributed by atoms with van der Waals surface area (Å²) in [4.78, 5) is 14.4. The van der Waals surface area contributed by atoms with Crippen molar-refractivity contribution in [2.24, 2.45) is 5.73 Å². The number of carbonyl (C=O) groups is 1. The van der Waals surface area contributed by atoms with Gasteiger partial charge in [0.15, 0.2) is 5.69 Å². The summed E-state index contributed by atoms with van der Waals surface area (Å²) in [5.74, 6) is 0.656. The van der Waals surface area contributed by atoms with Crippen molar-refractivity contribution in [3.8, 4) is 11.4 Å². The van der Waals surface area contributed by atoms with Crippen molar-refractivity contribution in [3.63, 3.8) is 0 Å². The Morgan fingerprint density at radius 3 is 2.96 bits per heavy atom. The molecule has 23 heavy (non-hydrogen) atoms. The van der Waals surface area contributed by atoms with E-state index < -0.39 is 0 Å². The van der Waals surface area contributed by atoms with Gasteiger partial charge in [-0.15, -0.1) is 0 Å². The molecule has 1 aliphatic heterocycles. The van der Waals surface area contributed by atoms with Crippen LogP contribution in [0.15, 0.2) is 30.5 Å². The Morgan fingerprint density at radius 2 is 2.22 bits per heavy atom. The highest BCUT2D eigenvalue weighted by molar-refractivity contribution is 5.92. The highest BCUT2D eigenvalue weighted by Gasteiger charge is 2.24. The molecular weight excluding hydrogens is 292 g/mol. The number of nitrogens with two attached hydrogens (primary N) is 1. The van der Waals surface area contributed by atoms with Gasteiger partial charge in [-0.1, -0.05) is 6.07 Å². The molecule has 0 radical (unpaired) electrons. The number of amides is 1. The monoisotopic (exact) mass is 314 g/mol. The van der Waals surface area contributed by atoms with Crippen LogP contribution in [0.1, 0.15) is 28.9 Å². The minimum absolute atomic E-state index is 0.0617. The predicted molar refractivity (Wildman–Crippen MR) is 88.0 cm³/mol. The van der Waals surface area contributed by atoms with Gasteiger partial charge in [0.25, 0.3) is 5.91 Å². The number of aromatic nitrogens is 2. The maximum Gasteiger partial charge on any atom is 0.274 e. The lowest BCUT2D eigenvalue weighted by atomic mass is 10.1. The van der Waals surface area contributed by atoms with Crippen molar-refractivity contribution < 1.29 is 9.53 Å². The average molecular weight is 314 g/mol. The van der Waals surface area contributed by atoms with Crippen molar-refractivity contribution in [1.82, 2.24) is 14.7 Å². The van der Waals surface area contributed by atoms with E-state index in [4.69, 9.17) is 10.5 Å². The van der Waals surface area contributed by atoms with Crippen LogP contribution in [0.4, 0.5) is 0 Å². The van der Waals surface area contributed by atoms with E-state index >= 15 is 0 Å². The molecule has 1 aromatic carbocycles. The third-order valence-corrected chi connectivity index (χ3v) is 4.13. The number of likely N-dealkylation sites (tertiary alicyclic amines) is 1. The Labute approximate surface area is 135 Å². The molecule has 2 heterocycles. The second kappa shape index (κ2) is 6.42. The SMILES string of the molecule is COc1ccc(C)cc1-n1ccc(C(=O)N2CCC[C@@H](N)C2)n1. The van der Waals surface area contributed by atoms with Gasteiger partial charge in [-0.05, 0) is 43.5 Å². The number of benzene rings is 1. The normalized spacial score (nSPS) is 18.0. The largest absolute Gasteiger partial charge is 0.494 e. The highest BCUT2D eigenvalue weighted by Crippen LogP contribution is 2.23. The van der Waals surface area contributed by atoms with Gasteiger partial charge in [0.05, 0.1) is 7.11 Å². The summed E-state index contributed by atoms with van der Waals surface area (Å²) in [5.41, 5.74) is 8.31. The molecule has 1 amide bonds. The van der Waals surface area contributed by atoms with Crippen LogP contribution < -0.4 is 10.5 Å². The smallest absolute Gasteiger partial charge is 0.274 e. The maximum absolute atomic E-state index is 12.6. The van der Waals surface area contributed by atoms with Gasteiger partial charge in [0.2, 0.25) is 0 Å². The van der Waals surface area contributed by atoms with Crippen LogP contribution in [0.2, 0.25) is 0 Å². The Hall–Kier alpha value is -2.34. The average Bonchev–Trinajstić information content (AvgIpc) is 3.04. The molecule has 122 valence electrons. The number of rotatable bonds is 3. The molecule has 1 aliphatic rings. The summed E-state index contributed by atoms with van der Waals surface area (Å²) in [5, 5.41) is 4.44. The number of ether oxygens (including phenoxy) is 1. The van der Waals surface area contributed by atoms with Gasteiger partial charge in [0.1, 0.15) is 11.4 Å². The zero-order chi connectivity index (χ0) is 16.4. The number of carbonyl (C=O) groups excluding carboxylic acids is 1. The molecule has 1 aromatic heterocycles. The lowest BCUT2D eigenvalue weighted by Gasteiger charge is -2.30. The van der Waals surface area contributed by atoms with E-state index in [0.717, 1.165) is 36.4 Å². The molecule has 2 N–H and O–H groups in total. The van der Waals surface area contributed by atoms with Crippen molar-refractivity contribution in [2.75, 3.05) is 20.2 Å². The molecule has 3 rings (SSSR count). The number of hydrogen-bond acceptors (Lipinski definition) is 4. The summed E-state index contributed by atoms with van der Waals surface area (Å²) in [6, 6.07) is 7.66. The first-order valence-electron chi connectivity index (χ1n) is 7.84. The van der Waals surface area contributed by atoms with Gasteiger partial charge >= 0.3 is 0 Å². The van der Waals surface area contributed by atoms with Gasteiger partial charge in [0, 0.05) is 25.3 Å². The first kappa shape index (κ1) is 15.6. The van der Waals surface area contributed by atoms with E-state index in [0.29, 0.717) is 12.2 Å². The van der Waals surface area contributed by atoms with E-state index in [9.17, 15) is 4.79 Å². The molecule has 0 aliphatic carbocycles. The van der Waals surface area contributed by atoms with Gasteiger partial charge in [-0.2, -0.15) is 5.10 Å². The minimum Gasteiger partial charge on any atom is -0.494 e. The summed E-state index contributed by atoms with van der Waals surface area (Å²) in [6.07, 6.45) is 3.70. The van der Waals surface area contributed by atoms with E-state index in [1.807, 2.05) is 25.1 Å². The molecule has 0 bridgehead atoms. The van der Waals surface area contributed by atoms with Crippen molar-refractivity contribution in [3.05, 3.63) is 41.7 Å². The summed E-state index contributed by atoms with van der Waals surface area (Å²) < 4.78 is 7.07. The van der Waals surface area contributed by atoms with Crippen LogP contribution in [-0.2, 0) is 0 Å². The molecule has 0 saturated carbocycles. The number of hydrogen-bond donors (Lipinski definition) is 1. The summed E-state index contributed by atoms with van der Waals surface area (Å²) in [6.45, 7) is 3.35. The quantitative estimate of drug-likeness (QED) is 0.937. The summed E-state index contributed by atoms with van der Waals surface area (Å²) >= 11 is 0. The molecule has 1 fully saturated rings. The zero-order valence-electron chi connectivity index (χ0n) is 13.5. The third kappa shape index (κ3) is 3.22. The van der Waals surface area contributed by atoms with E-state index in [-0.39, 0.29) is 11.9 Å². The summed E-state index contributed by atoms with van der Waals surface area (Å²) in [7, 11) is 1.62. The van der Waals surface area contributed by atoms with Crippen LogP contribution in [0, 0.1) is 6.92 Å². The first-order chi connectivity index (χ1) is 11.1. The second-order valence-electron chi connectivity index (χ2n) is 5.97. The molecule has 0 spiro atoms. The van der Waals surface area contributed by atoms with Crippen LogP contribution in [0.3, 0.4) is 0 Å². The number of piperidine rings is 1. The Kier molecular flexibility index (Phi) is 4.34. The zero-order valence-corrected chi connectivity index (χ0v) is 13.5. The highest BCUT2D eigenvalue weighted by atomic mass is 16.5. The van der Waals surface area contributed by atoms with Crippen molar-refractivity contribution >= 4 is 5.91 Å². The molecule has 1 atom stereocenters. The Balaban J connectivity index is 1.86. The molecular formula is C17H22N4O2. The van der Waals surface area contributed by atoms with Crippen LogP contribution in [0.25, 0.3) is 5.69 Å². The maximum atomic E-state index is 12.6. The first-order valence-corrected chi connectivity index (χ1v) is 7.84. The fourth-order valence-electron chi connectivity index (χ4n) is 2.91. The van der Waals surface area contributed by atoms with Gasteiger partial charge < -0.3 is 15.4 Å². The van der Waals surface area contributed by atoms with Crippen LogP contribution in [-0.4, -0.2) is 46.8 Å². The number of aryl methyl sites for hydroxylation is 1. The lowest BCUT2D eigenvalue weighted by molar-refractivity contribution is 0.0702. The molecule has 6 heteroatoms. The Bertz CT molecular complexity index is 710. The molecule has 2 aromatic rings.